The fourth-order valence-corrected chi connectivity index (χ4v) is 4.17. The molecule has 1 heterocycles. The number of hydrogen-bond acceptors (Lipinski definition) is 4. The summed E-state index contributed by atoms with van der Waals surface area (Å²) in [6.07, 6.45) is 0. The fourth-order valence-electron chi connectivity index (χ4n) is 2.46. The lowest BCUT2D eigenvalue weighted by molar-refractivity contribution is 0.0773. The first-order chi connectivity index (χ1) is 10.9. The van der Waals surface area contributed by atoms with Crippen LogP contribution in [0.2, 0.25) is 0 Å². The number of sulfonamides is 1. The van der Waals surface area contributed by atoms with Crippen LogP contribution in [0.15, 0.2) is 28.7 Å². The first kappa shape index (κ1) is 18.4. The number of halogens is 1. The number of carbonyl (C=O) groups is 1. The van der Waals surface area contributed by atoms with Gasteiger partial charge in [-0.25, -0.2) is 8.42 Å². The molecule has 1 amide bonds. The first-order valence-electron chi connectivity index (χ1n) is 7.67. The van der Waals surface area contributed by atoms with Gasteiger partial charge < -0.3 is 10.2 Å². The van der Waals surface area contributed by atoms with E-state index < -0.39 is 10.0 Å². The van der Waals surface area contributed by atoms with Crippen molar-refractivity contribution in [1.82, 2.24) is 14.5 Å². The van der Waals surface area contributed by atoms with Crippen molar-refractivity contribution < 1.29 is 13.2 Å². The molecule has 8 heteroatoms. The summed E-state index contributed by atoms with van der Waals surface area (Å²) in [5.74, 6) is -0.182. The Morgan fingerprint density at radius 2 is 1.87 bits per heavy atom. The molecule has 128 valence electrons. The van der Waals surface area contributed by atoms with E-state index in [9.17, 15) is 13.2 Å². The zero-order valence-corrected chi connectivity index (χ0v) is 15.6. The summed E-state index contributed by atoms with van der Waals surface area (Å²) < 4.78 is 27.1. The number of rotatable bonds is 6. The number of amides is 1. The lowest BCUT2D eigenvalue weighted by Crippen LogP contribution is -2.48. The van der Waals surface area contributed by atoms with Gasteiger partial charge in [-0.15, -0.1) is 0 Å². The maximum atomic E-state index is 12.5. The molecule has 2 rings (SSSR count). The van der Waals surface area contributed by atoms with Crippen molar-refractivity contribution in [2.45, 2.75) is 6.92 Å². The van der Waals surface area contributed by atoms with Crippen molar-refractivity contribution in [2.24, 2.45) is 0 Å². The normalized spacial score (nSPS) is 16.3. The lowest BCUT2D eigenvalue weighted by atomic mass is 10.2. The van der Waals surface area contributed by atoms with Gasteiger partial charge in [0.1, 0.15) is 0 Å². The largest absolute Gasteiger partial charge is 0.338 e. The molecule has 0 aliphatic carbocycles. The monoisotopic (exact) mass is 403 g/mol. The van der Waals surface area contributed by atoms with Crippen LogP contribution < -0.4 is 5.32 Å². The van der Waals surface area contributed by atoms with Crippen LogP contribution in [-0.2, 0) is 10.0 Å². The van der Waals surface area contributed by atoms with Gasteiger partial charge in [-0.05, 0) is 31.2 Å². The molecule has 1 aliphatic heterocycles. The Hall–Kier alpha value is -0.960. The standard InChI is InChI=1S/C15H22BrN3O3S/c1-2-18(15(20)13-3-5-14(16)6-4-13)11-12-23(21,22)19-9-7-17-8-10-19/h3-6,17H,2,7-12H2,1H3. The zero-order chi connectivity index (χ0) is 16.9. The molecule has 1 N–H and O–H groups in total. The van der Waals surface area contributed by atoms with E-state index in [1.165, 1.54) is 4.31 Å². The molecule has 1 aromatic carbocycles. The summed E-state index contributed by atoms with van der Waals surface area (Å²) >= 11 is 3.33. The van der Waals surface area contributed by atoms with Crippen molar-refractivity contribution in [2.75, 3.05) is 45.0 Å². The van der Waals surface area contributed by atoms with Crippen molar-refractivity contribution in [3.05, 3.63) is 34.3 Å². The smallest absolute Gasteiger partial charge is 0.253 e. The van der Waals surface area contributed by atoms with Gasteiger partial charge in [0.15, 0.2) is 0 Å². The summed E-state index contributed by atoms with van der Waals surface area (Å²) in [6, 6.07) is 7.08. The molecular formula is C15H22BrN3O3S. The Morgan fingerprint density at radius 3 is 2.43 bits per heavy atom. The Morgan fingerprint density at radius 1 is 1.26 bits per heavy atom. The van der Waals surface area contributed by atoms with E-state index in [-0.39, 0.29) is 18.2 Å². The third kappa shape index (κ3) is 5.00. The summed E-state index contributed by atoms with van der Waals surface area (Å²) in [4.78, 5) is 14.0. The molecule has 1 aliphatic rings. The van der Waals surface area contributed by atoms with Gasteiger partial charge in [0, 0.05) is 49.3 Å². The Bertz CT molecular complexity index is 628. The van der Waals surface area contributed by atoms with E-state index in [4.69, 9.17) is 0 Å². The highest BCUT2D eigenvalue weighted by Gasteiger charge is 2.25. The SMILES string of the molecule is CCN(CCS(=O)(=O)N1CCNCC1)C(=O)c1ccc(Br)cc1. The Kier molecular flexibility index (Phi) is 6.58. The van der Waals surface area contributed by atoms with Crippen LogP contribution in [0.25, 0.3) is 0 Å². The van der Waals surface area contributed by atoms with Gasteiger partial charge >= 0.3 is 0 Å². The molecule has 0 unspecified atom stereocenters. The molecule has 1 fully saturated rings. The molecule has 0 atom stereocenters. The predicted molar refractivity (Wildman–Crippen MR) is 93.9 cm³/mol. The van der Waals surface area contributed by atoms with Gasteiger partial charge in [0.25, 0.3) is 5.91 Å². The van der Waals surface area contributed by atoms with Crippen molar-refractivity contribution in [3.63, 3.8) is 0 Å². The summed E-state index contributed by atoms with van der Waals surface area (Å²) in [5, 5.41) is 3.13. The second-order valence-electron chi connectivity index (χ2n) is 5.36. The van der Waals surface area contributed by atoms with Gasteiger partial charge in [-0.3, -0.25) is 4.79 Å². The lowest BCUT2D eigenvalue weighted by Gasteiger charge is -2.28. The van der Waals surface area contributed by atoms with E-state index in [1.54, 1.807) is 29.2 Å². The number of nitrogens with zero attached hydrogens (tertiary/aromatic N) is 2. The van der Waals surface area contributed by atoms with Crippen LogP contribution in [0.3, 0.4) is 0 Å². The van der Waals surface area contributed by atoms with Crippen LogP contribution in [-0.4, -0.2) is 68.6 Å². The third-order valence-corrected chi connectivity index (χ3v) is 6.23. The van der Waals surface area contributed by atoms with Crippen LogP contribution in [0.5, 0.6) is 0 Å². The number of benzene rings is 1. The highest BCUT2D eigenvalue weighted by molar-refractivity contribution is 9.10. The predicted octanol–water partition coefficient (Wildman–Crippen LogP) is 1.15. The summed E-state index contributed by atoms with van der Waals surface area (Å²) in [7, 11) is -3.32. The van der Waals surface area contributed by atoms with E-state index >= 15 is 0 Å². The van der Waals surface area contributed by atoms with Crippen molar-refractivity contribution in [1.29, 1.82) is 0 Å². The van der Waals surface area contributed by atoms with Crippen LogP contribution in [0.1, 0.15) is 17.3 Å². The molecular weight excluding hydrogens is 382 g/mol. The summed E-state index contributed by atoms with van der Waals surface area (Å²) in [5.41, 5.74) is 0.564. The van der Waals surface area contributed by atoms with E-state index in [0.717, 1.165) is 4.47 Å². The quantitative estimate of drug-likeness (QED) is 0.773. The average Bonchev–Trinajstić information content (AvgIpc) is 2.56. The maximum Gasteiger partial charge on any atom is 0.253 e. The molecule has 0 bridgehead atoms. The minimum Gasteiger partial charge on any atom is -0.338 e. The molecule has 1 saturated heterocycles. The number of hydrogen-bond donors (Lipinski definition) is 1. The second-order valence-corrected chi connectivity index (χ2v) is 8.36. The molecule has 0 saturated carbocycles. The first-order valence-corrected chi connectivity index (χ1v) is 10.1. The molecule has 6 nitrogen and oxygen atoms in total. The fraction of sp³-hybridized carbons (Fsp3) is 0.533. The van der Waals surface area contributed by atoms with Crippen LogP contribution in [0, 0.1) is 0 Å². The maximum absolute atomic E-state index is 12.5. The number of nitrogens with one attached hydrogen (secondary N) is 1. The van der Waals surface area contributed by atoms with Crippen molar-refractivity contribution in [3.8, 4) is 0 Å². The topological polar surface area (TPSA) is 69.7 Å². The number of carbonyl (C=O) groups excluding carboxylic acids is 1. The van der Waals surface area contributed by atoms with Gasteiger partial charge in [-0.1, -0.05) is 15.9 Å². The van der Waals surface area contributed by atoms with Gasteiger partial charge in [0.2, 0.25) is 10.0 Å². The van der Waals surface area contributed by atoms with Crippen molar-refractivity contribution >= 4 is 31.9 Å². The van der Waals surface area contributed by atoms with Crippen LogP contribution >= 0.6 is 15.9 Å². The third-order valence-electron chi connectivity index (χ3n) is 3.85. The van der Waals surface area contributed by atoms with Gasteiger partial charge in [0.05, 0.1) is 5.75 Å². The summed E-state index contributed by atoms with van der Waals surface area (Å²) in [6.45, 7) is 4.88. The van der Waals surface area contributed by atoms with E-state index in [1.807, 2.05) is 6.92 Å². The molecule has 0 spiro atoms. The Labute approximate surface area is 146 Å². The van der Waals surface area contributed by atoms with E-state index in [0.29, 0.717) is 38.3 Å². The number of piperazine rings is 1. The molecule has 0 radical (unpaired) electrons. The zero-order valence-electron chi connectivity index (χ0n) is 13.2. The highest BCUT2D eigenvalue weighted by atomic mass is 79.9. The molecule has 23 heavy (non-hydrogen) atoms. The Balaban J connectivity index is 1.98. The van der Waals surface area contributed by atoms with Gasteiger partial charge in [-0.2, -0.15) is 4.31 Å². The molecule has 1 aromatic rings. The minimum absolute atomic E-state index is 0.0386. The average molecular weight is 404 g/mol. The molecule has 0 aromatic heterocycles. The second kappa shape index (κ2) is 8.23. The highest BCUT2D eigenvalue weighted by Crippen LogP contribution is 2.13. The van der Waals surface area contributed by atoms with Crippen LogP contribution in [0.4, 0.5) is 0 Å². The van der Waals surface area contributed by atoms with E-state index in [2.05, 4.69) is 21.2 Å². The minimum atomic E-state index is -3.32.